The van der Waals surface area contributed by atoms with Crippen LogP contribution in [-0.4, -0.2) is 34.1 Å². The fourth-order valence-corrected chi connectivity index (χ4v) is 3.03. The molecule has 0 heterocycles. The van der Waals surface area contributed by atoms with Gasteiger partial charge in [0, 0.05) is 13.4 Å². The molecule has 0 aliphatic carbocycles. The lowest BCUT2D eigenvalue weighted by molar-refractivity contribution is 0.202. The quantitative estimate of drug-likeness (QED) is 0.748. The Morgan fingerprint density at radius 3 is 2.35 bits per heavy atom. The van der Waals surface area contributed by atoms with Crippen molar-refractivity contribution in [1.82, 2.24) is 0 Å². The van der Waals surface area contributed by atoms with Gasteiger partial charge in [0.25, 0.3) is 0 Å². The molecule has 0 aliphatic heterocycles. The molecule has 0 aliphatic rings. The number of alkyl halides is 1. The number of benzene rings is 1. The Bertz CT molecular complexity index is 439. The van der Waals surface area contributed by atoms with Gasteiger partial charge in [0.2, 0.25) is 0 Å². The lowest BCUT2D eigenvalue weighted by Gasteiger charge is -2.09. The maximum absolute atomic E-state index is 11.1. The van der Waals surface area contributed by atoms with Crippen molar-refractivity contribution >= 4 is 21.4 Å². The van der Waals surface area contributed by atoms with Gasteiger partial charge in [-0.1, -0.05) is 24.3 Å². The second kappa shape index (κ2) is 6.38. The summed E-state index contributed by atoms with van der Waals surface area (Å²) in [5.41, 5.74) is 1.98. The van der Waals surface area contributed by atoms with Gasteiger partial charge in [0.05, 0.1) is 17.7 Å². The van der Waals surface area contributed by atoms with Gasteiger partial charge in [-0.2, -0.15) is 0 Å². The predicted molar refractivity (Wildman–Crippen MR) is 70.3 cm³/mol. The zero-order valence-electron chi connectivity index (χ0n) is 10.0. The fourth-order valence-electron chi connectivity index (χ4n) is 1.48. The van der Waals surface area contributed by atoms with E-state index in [1.165, 1.54) is 6.26 Å². The van der Waals surface area contributed by atoms with Crippen LogP contribution in [0, 0.1) is 0 Å². The molecule has 1 aromatic carbocycles. The largest absolute Gasteiger partial charge is 0.384 e. The van der Waals surface area contributed by atoms with E-state index < -0.39 is 15.2 Å². The standard InChI is InChI=1S/C12H17ClO3S/c1-16-8-7-10-3-5-11(6-4-10)12(13)9-17(2,14)15/h3-6,12H,7-9H2,1-2H3. The van der Waals surface area contributed by atoms with Gasteiger partial charge in [-0.05, 0) is 17.5 Å². The topological polar surface area (TPSA) is 43.4 Å². The highest BCUT2D eigenvalue weighted by molar-refractivity contribution is 7.90. The highest BCUT2D eigenvalue weighted by atomic mass is 35.5. The van der Waals surface area contributed by atoms with Crippen LogP contribution >= 0.6 is 11.6 Å². The molecular weight excluding hydrogens is 260 g/mol. The molecule has 0 saturated carbocycles. The van der Waals surface area contributed by atoms with Crippen LogP contribution in [0.2, 0.25) is 0 Å². The van der Waals surface area contributed by atoms with E-state index in [9.17, 15) is 8.42 Å². The molecular formula is C12H17ClO3S. The molecule has 0 N–H and O–H groups in total. The fraction of sp³-hybridized carbons (Fsp3) is 0.500. The number of hydrogen-bond acceptors (Lipinski definition) is 3. The first-order chi connectivity index (χ1) is 7.92. The molecule has 0 spiro atoms. The lowest BCUT2D eigenvalue weighted by Crippen LogP contribution is -2.08. The van der Waals surface area contributed by atoms with Crippen LogP contribution in [-0.2, 0) is 21.0 Å². The highest BCUT2D eigenvalue weighted by Crippen LogP contribution is 2.22. The average molecular weight is 277 g/mol. The van der Waals surface area contributed by atoms with E-state index in [1.54, 1.807) is 7.11 Å². The number of halogens is 1. The second-order valence-corrected chi connectivity index (χ2v) is 6.76. The highest BCUT2D eigenvalue weighted by Gasteiger charge is 2.14. The van der Waals surface area contributed by atoms with Gasteiger partial charge in [0.1, 0.15) is 9.84 Å². The van der Waals surface area contributed by atoms with Crippen molar-refractivity contribution in [3.05, 3.63) is 35.4 Å². The van der Waals surface area contributed by atoms with Crippen LogP contribution in [0.1, 0.15) is 16.5 Å². The molecule has 0 amide bonds. The molecule has 0 fully saturated rings. The van der Waals surface area contributed by atoms with Crippen LogP contribution in [0.3, 0.4) is 0 Å². The Kier molecular flexibility index (Phi) is 5.43. The van der Waals surface area contributed by atoms with Gasteiger partial charge in [-0.25, -0.2) is 8.42 Å². The summed E-state index contributed by atoms with van der Waals surface area (Å²) < 4.78 is 27.2. The second-order valence-electron chi connectivity index (χ2n) is 4.04. The minimum absolute atomic E-state index is 0.0357. The number of rotatable bonds is 6. The molecule has 1 rings (SSSR count). The summed E-state index contributed by atoms with van der Waals surface area (Å²) in [5.74, 6) is -0.0357. The number of methoxy groups -OCH3 is 1. The summed E-state index contributed by atoms with van der Waals surface area (Å²) in [5, 5.41) is -0.485. The van der Waals surface area contributed by atoms with Crippen molar-refractivity contribution in [2.45, 2.75) is 11.8 Å². The first-order valence-electron chi connectivity index (χ1n) is 5.32. The summed E-state index contributed by atoms with van der Waals surface area (Å²) in [4.78, 5) is 0. The van der Waals surface area contributed by atoms with E-state index in [-0.39, 0.29) is 5.75 Å². The van der Waals surface area contributed by atoms with Crippen molar-refractivity contribution in [2.24, 2.45) is 0 Å². The molecule has 1 atom stereocenters. The first kappa shape index (κ1) is 14.5. The maximum atomic E-state index is 11.1. The molecule has 5 heteroatoms. The zero-order chi connectivity index (χ0) is 12.9. The van der Waals surface area contributed by atoms with Gasteiger partial charge >= 0.3 is 0 Å². The summed E-state index contributed by atoms with van der Waals surface area (Å²) in [6.07, 6.45) is 2.03. The van der Waals surface area contributed by atoms with E-state index in [0.717, 1.165) is 17.5 Å². The Morgan fingerprint density at radius 1 is 1.29 bits per heavy atom. The molecule has 0 bridgehead atoms. The van der Waals surface area contributed by atoms with Gasteiger partial charge in [-0.15, -0.1) is 11.6 Å². The average Bonchev–Trinajstić information content (AvgIpc) is 2.24. The van der Waals surface area contributed by atoms with Crippen LogP contribution in [0.4, 0.5) is 0 Å². The SMILES string of the molecule is COCCc1ccc(C(Cl)CS(C)(=O)=O)cc1. The third-order valence-electron chi connectivity index (χ3n) is 2.39. The predicted octanol–water partition coefficient (Wildman–Crippen LogP) is 2.20. The van der Waals surface area contributed by atoms with E-state index in [4.69, 9.17) is 16.3 Å². The van der Waals surface area contributed by atoms with Crippen LogP contribution in [0.5, 0.6) is 0 Å². The summed E-state index contributed by atoms with van der Waals surface area (Å²) in [7, 11) is -1.39. The van der Waals surface area contributed by atoms with Gasteiger partial charge in [0.15, 0.2) is 0 Å². The summed E-state index contributed by atoms with van der Waals surface area (Å²) in [6, 6.07) is 7.64. The Balaban J connectivity index is 2.67. The minimum atomic E-state index is -3.05. The molecule has 0 radical (unpaired) electrons. The van der Waals surface area contributed by atoms with Crippen molar-refractivity contribution in [3.63, 3.8) is 0 Å². The lowest BCUT2D eigenvalue weighted by atomic mass is 10.1. The van der Waals surface area contributed by atoms with Gasteiger partial charge < -0.3 is 4.74 Å². The number of hydrogen-bond donors (Lipinski definition) is 0. The Hall–Kier alpha value is -0.580. The Labute approximate surface area is 108 Å². The van der Waals surface area contributed by atoms with Crippen molar-refractivity contribution < 1.29 is 13.2 Å². The minimum Gasteiger partial charge on any atom is -0.384 e. The van der Waals surface area contributed by atoms with Crippen molar-refractivity contribution in [2.75, 3.05) is 25.7 Å². The monoisotopic (exact) mass is 276 g/mol. The van der Waals surface area contributed by atoms with Crippen LogP contribution < -0.4 is 0 Å². The first-order valence-corrected chi connectivity index (χ1v) is 7.81. The van der Waals surface area contributed by atoms with Crippen molar-refractivity contribution in [1.29, 1.82) is 0 Å². The van der Waals surface area contributed by atoms with Crippen molar-refractivity contribution in [3.8, 4) is 0 Å². The van der Waals surface area contributed by atoms with E-state index in [2.05, 4.69) is 0 Å². The van der Waals surface area contributed by atoms with E-state index in [1.807, 2.05) is 24.3 Å². The third-order valence-corrected chi connectivity index (χ3v) is 3.91. The molecule has 1 aromatic rings. The Morgan fingerprint density at radius 2 is 1.88 bits per heavy atom. The number of sulfone groups is 1. The molecule has 1 unspecified atom stereocenters. The number of ether oxygens (including phenoxy) is 1. The molecule has 3 nitrogen and oxygen atoms in total. The molecule has 0 saturated heterocycles. The summed E-state index contributed by atoms with van der Waals surface area (Å²) >= 11 is 6.04. The van der Waals surface area contributed by atoms with Gasteiger partial charge in [-0.3, -0.25) is 0 Å². The third kappa shape index (κ3) is 5.52. The van der Waals surface area contributed by atoms with E-state index >= 15 is 0 Å². The molecule has 17 heavy (non-hydrogen) atoms. The smallest absolute Gasteiger partial charge is 0.149 e. The zero-order valence-corrected chi connectivity index (χ0v) is 11.6. The maximum Gasteiger partial charge on any atom is 0.149 e. The molecule has 96 valence electrons. The summed E-state index contributed by atoms with van der Waals surface area (Å²) in [6.45, 7) is 0.674. The van der Waals surface area contributed by atoms with Crippen LogP contribution in [0.15, 0.2) is 24.3 Å². The normalized spacial score (nSPS) is 13.6. The van der Waals surface area contributed by atoms with E-state index in [0.29, 0.717) is 6.61 Å². The molecule has 0 aromatic heterocycles. The van der Waals surface area contributed by atoms with Crippen LogP contribution in [0.25, 0.3) is 0 Å².